The number of hydrogen-bond acceptors (Lipinski definition) is 3. The Morgan fingerprint density at radius 3 is 2.05 bits per heavy atom. The van der Waals surface area contributed by atoms with Crippen LogP contribution in [-0.2, 0) is 9.59 Å². The quantitative estimate of drug-likeness (QED) is 0.405. The van der Waals surface area contributed by atoms with E-state index in [1.54, 1.807) is 12.2 Å². The van der Waals surface area contributed by atoms with E-state index in [0.29, 0.717) is 18.9 Å². The van der Waals surface area contributed by atoms with Crippen LogP contribution in [0.3, 0.4) is 0 Å². The van der Waals surface area contributed by atoms with Crippen LogP contribution >= 0.6 is 0 Å². The number of amides is 1. The first-order chi connectivity index (χ1) is 10.4. The molecular weight excluding hydrogens is 276 g/mol. The Morgan fingerprint density at radius 2 is 1.45 bits per heavy atom. The molecule has 0 atom stereocenters. The lowest BCUT2D eigenvalue weighted by atomic mass is 10.1. The first-order valence-corrected chi connectivity index (χ1v) is 8.61. The fourth-order valence-electron chi connectivity index (χ4n) is 1.92. The predicted molar refractivity (Wildman–Crippen MR) is 92.8 cm³/mol. The Labute approximate surface area is 136 Å². The van der Waals surface area contributed by atoms with E-state index in [-0.39, 0.29) is 17.6 Å². The number of hydrogen-bond donors (Lipinski definition) is 2. The summed E-state index contributed by atoms with van der Waals surface area (Å²) in [5.74, 6) is 0.313. The van der Waals surface area contributed by atoms with Gasteiger partial charge in [0.05, 0.1) is 0 Å². The fraction of sp³-hybridized carbons (Fsp3) is 0.778. The van der Waals surface area contributed by atoms with Gasteiger partial charge in [-0.1, -0.05) is 52.7 Å². The highest BCUT2D eigenvalue weighted by atomic mass is 16.1. The molecule has 0 saturated heterocycles. The summed E-state index contributed by atoms with van der Waals surface area (Å²) in [6, 6.07) is 0.558. The molecule has 22 heavy (non-hydrogen) atoms. The number of carbonyl (C=O) groups excluding carboxylic acids is 2. The van der Waals surface area contributed by atoms with E-state index in [1.807, 2.05) is 13.8 Å². The van der Waals surface area contributed by atoms with Crippen molar-refractivity contribution in [2.45, 2.75) is 72.3 Å². The van der Waals surface area contributed by atoms with Crippen molar-refractivity contribution in [2.24, 2.45) is 5.92 Å². The third kappa shape index (κ3) is 13.8. The first kappa shape index (κ1) is 20.8. The van der Waals surface area contributed by atoms with Crippen LogP contribution in [0.1, 0.15) is 66.2 Å². The number of Topliss-reactive ketones (excluding diaryl/α,β-unsaturated/α-hetero) is 1. The summed E-state index contributed by atoms with van der Waals surface area (Å²) in [5, 5.41) is 6.31. The average molecular weight is 310 g/mol. The Balaban J connectivity index is 3.43. The topological polar surface area (TPSA) is 58.2 Å². The zero-order chi connectivity index (χ0) is 16.8. The monoisotopic (exact) mass is 310 g/mol. The number of ketones is 1. The Morgan fingerprint density at radius 1 is 0.864 bits per heavy atom. The smallest absolute Gasteiger partial charge is 0.223 e. The van der Waals surface area contributed by atoms with Crippen LogP contribution in [0.15, 0.2) is 12.2 Å². The lowest BCUT2D eigenvalue weighted by Gasteiger charge is -2.07. The Hall–Kier alpha value is -1.16. The molecule has 0 aliphatic heterocycles. The summed E-state index contributed by atoms with van der Waals surface area (Å²) in [6.45, 7) is 9.91. The maximum Gasteiger partial charge on any atom is 0.223 e. The van der Waals surface area contributed by atoms with Crippen molar-refractivity contribution in [1.29, 1.82) is 0 Å². The van der Waals surface area contributed by atoms with Crippen LogP contribution < -0.4 is 10.6 Å². The number of allylic oxidation sites excluding steroid dienone is 1. The van der Waals surface area contributed by atoms with Gasteiger partial charge in [-0.2, -0.15) is 0 Å². The zero-order valence-electron chi connectivity index (χ0n) is 14.8. The highest BCUT2D eigenvalue weighted by Gasteiger charge is 2.04. The molecule has 0 radical (unpaired) electrons. The van der Waals surface area contributed by atoms with E-state index in [2.05, 4.69) is 24.5 Å². The molecular formula is C18H34N2O2. The maximum atomic E-state index is 11.6. The molecule has 0 aliphatic carbocycles. The van der Waals surface area contributed by atoms with Crippen LogP contribution in [0.5, 0.6) is 0 Å². The second-order valence-corrected chi connectivity index (χ2v) is 6.37. The van der Waals surface area contributed by atoms with Gasteiger partial charge in [0.25, 0.3) is 0 Å². The van der Waals surface area contributed by atoms with Crippen LogP contribution in [0.4, 0.5) is 0 Å². The third-order valence-electron chi connectivity index (χ3n) is 3.41. The molecule has 2 N–H and O–H groups in total. The molecule has 0 unspecified atom stereocenters. The van der Waals surface area contributed by atoms with Crippen molar-refractivity contribution >= 4 is 11.7 Å². The zero-order valence-corrected chi connectivity index (χ0v) is 14.8. The van der Waals surface area contributed by atoms with Gasteiger partial charge >= 0.3 is 0 Å². The van der Waals surface area contributed by atoms with Crippen molar-refractivity contribution in [3.8, 4) is 0 Å². The van der Waals surface area contributed by atoms with Gasteiger partial charge in [0.15, 0.2) is 0 Å². The normalized spacial score (nSPS) is 11.5. The molecule has 0 rings (SSSR count). The summed E-state index contributed by atoms with van der Waals surface area (Å²) in [7, 11) is 0. The number of nitrogens with one attached hydrogen (secondary N) is 2. The number of unbranched alkanes of at least 4 members (excludes halogenated alkanes) is 3. The van der Waals surface area contributed by atoms with E-state index in [4.69, 9.17) is 0 Å². The molecule has 0 heterocycles. The van der Waals surface area contributed by atoms with Crippen molar-refractivity contribution < 1.29 is 9.59 Å². The second kappa shape index (κ2) is 13.5. The van der Waals surface area contributed by atoms with E-state index in [0.717, 1.165) is 25.9 Å². The lowest BCUT2D eigenvalue weighted by Crippen LogP contribution is -2.24. The molecule has 0 bridgehead atoms. The van der Waals surface area contributed by atoms with Gasteiger partial charge in [0, 0.05) is 31.3 Å². The standard InChI is InChI=1S/C18H34N2O2/c1-15(2)17(21)11-7-8-12-18(22)20-14-10-6-5-9-13-19-16(3)4/h7-8,15-16,19H,5-6,9-14H2,1-4H3,(H,20,22). The summed E-state index contributed by atoms with van der Waals surface area (Å²) in [4.78, 5) is 23.0. The molecule has 1 amide bonds. The number of rotatable bonds is 13. The predicted octanol–water partition coefficient (Wildman–Crippen LogP) is 3.22. The Kier molecular flexibility index (Phi) is 12.8. The lowest BCUT2D eigenvalue weighted by molar-refractivity contribution is -0.121. The molecule has 4 nitrogen and oxygen atoms in total. The van der Waals surface area contributed by atoms with E-state index >= 15 is 0 Å². The molecule has 0 aromatic rings. The van der Waals surface area contributed by atoms with E-state index in [9.17, 15) is 9.59 Å². The molecule has 0 fully saturated rings. The molecule has 0 saturated carbocycles. The van der Waals surface area contributed by atoms with Crippen molar-refractivity contribution in [1.82, 2.24) is 10.6 Å². The molecule has 0 spiro atoms. The summed E-state index contributed by atoms with van der Waals surface area (Å²) < 4.78 is 0. The van der Waals surface area contributed by atoms with Gasteiger partial charge in [-0.3, -0.25) is 9.59 Å². The van der Waals surface area contributed by atoms with E-state index < -0.39 is 0 Å². The molecule has 0 aromatic carbocycles. The van der Waals surface area contributed by atoms with Crippen LogP contribution in [0, 0.1) is 5.92 Å². The summed E-state index contributed by atoms with van der Waals surface area (Å²) in [5.41, 5.74) is 0. The van der Waals surface area contributed by atoms with Gasteiger partial charge < -0.3 is 10.6 Å². The Bertz CT molecular complexity index is 336. The highest BCUT2D eigenvalue weighted by molar-refractivity contribution is 5.82. The van der Waals surface area contributed by atoms with Crippen LogP contribution in [0.25, 0.3) is 0 Å². The minimum absolute atomic E-state index is 0.0368. The molecule has 4 heteroatoms. The molecule has 0 aliphatic rings. The van der Waals surface area contributed by atoms with Gasteiger partial charge in [-0.05, 0) is 19.4 Å². The van der Waals surface area contributed by atoms with Crippen molar-refractivity contribution in [2.75, 3.05) is 13.1 Å². The third-order valence-corrected chi connectivity index (χ3v) is 3.41. The number of carbonyl (C=O) groups is 2. The minimum atomic E-state index is 0.0368. The summed E-state index contributed by atoms with van der Waals surface area (Å²) >= 11 is 0. The summed E-state index contributed by atoms with van der Waals surface area (Å²) in [6.07, 6.45) is 8.95. The van der Waals surface area contributed by atoms with Gasteiger partial charge in [0.1, 0.15) is 5.78 Å². The highest BCUT2D eigenvalue weighted by Crippen LogP contribution is 2.00. The van der Waals surface area contributed by atoms with Gasteiger partial charge in [-0.25, -0.2) is 0 Å². The van der Waals surface area contributed by atoms with Crippen molar-refractivity contribution in [3.05, 3.63) is 12.2 Å². The van der Waals surface area contributed by atoms with Gasteiger partial charge in [0.2, 0.25) is 5.91 Å². The average Bonchev–Trinajstić information content (AvgIpc) is 2.45. The first-order valence-electron chi connectivity index (χ1n) is 8.61. The van der Waals surface area contributed by atoms with Crippen LogP contribution in [0.2, 0.25) is 0 Å². The fourth-order valence-corrected chi connectivity index (χ4v) is 1.92. The maximum absolute atomic E-state index is 11.6. The van der Waals surface area contributed by atoms with Crippen molar-refractivity contribution in [3.63, 3.8) is 0 Å². The SMILES string of the molecule is CC(C)NCCCCCCNC(=O)CC=CCC(=O)C(C)C. The van der Waals surface area contributed by atoms with Crippen LogP contribution in [-0.4, -0.2) is 30.8 Å². The molecule has 0 aromatic heterocycles. The van der Waals surface area contributed by atoms with E-state index in [1.165, 1.54) is 12.8 Å². The molecule has 128 valence electrons. The second-order valence-electron chi connectivity index (χ2n) is 6.37. The largest absolute Gasteiger partial charge is 0.356 e. The van der Waals surface area contributed by atoms with Gasteiger partial charge in [-0.15, -0.1) is 0 Å². The minimum Gasteiger partial charge on any atom is -0.356 e.